The minimum atomic E-state index is -5.16. The molecule has 0 saturated heterocycles. The highest BCUT2D eigenvalue weighted by molar-refractivity contribution is 7.99. The number of hydrogen-bond acceptors (Lipinski definition) is 5. The summed E-state index contributed by atoms with van der Waals surface area (Å²) in [6.07, 6.45) is -9.96. The van der Waals surface area contributed by atoms with Crippen molar-refractivity contribution in [3.63, 3.8) is 0 Å². The lowest BCUT2D eigenvalue weighted by atomic mass is 9.98. The molecule has 0 spiro atoms. The van der Waals surface area contributed by atoms with Crippen molar-refractivity contribution >= 4 is 17.9 Å². The highest BCUT2D eigenvalue weighted by atomic mass is 32.2. The Labute approximate surface area is 240 Å². The lowest BCUT2D eigenvalue weighted by molar-refractivity contribution is -0.144. The quantitative estimate of drug-likeness (QED) is 0.211. The maximum atomic E-state index is 14.1. The summed E-state index contributed by atoms with van der Waals surface area (Å²) in [5.74, 6) is -0.291. The zero-order chi connectivity index (χ0) is 30.1. The molecule has 0 unspecified atom stereocenters. The Bertz CT molecular complexity index is 1580. The first-order valence-electron chi connectivity index (χ1n) is 12.6. The van der Waals surface area contributed by atoms with E-state index in [0.29, 0.717) is 17.8 Å². The maximum Gasteiger partial charge on any atom is 0.417 e. The van der Waals surface area contributed by atoms with Crippen LogP contribution in [0.1, 0.15) is 39.3 Å². The van der Waals surface area contributed by atoms with Gasteiger partial charge in [0.05, 0.1) is 17.7 Å². The molecular weight excluding hydrogens is 582 g/mol. The molecule has 5 nitrogen and oxygen atoms in total. The molecule has 0 saturated carbocycles. The van der Waals surface area contributed by atoms with Gasteiger partial charge in [0.25, 0.3) is 0 Å². The van der Waals surface area contributed by atoms with Crippen molar-refractivity contribution in [2.24, 2.45) is 0 Å². The van der Waals surface area contributed by atoms with Gasteiger partial charge in [-0.05, 0) is 46.0 Å². The molecule has 0 fully saturated rings. The van der Waals surface area contributed by atoms with Gasteiger partial charge in [-0.15, -0.1) is 0 Å². The van der Waals surface area contributed by atoms with E-state index in [2.05, 4.69) is 10.3 Å². The van der Waals surface area contributed by atoms with Gasteiger partial charge in [0.2, 0.25) is 0 Å². The number of carbonyl (C=O) groups excluding carboxylic acids is 1. The average Bonchev–Trinajstić information content (AvgIpc) is 3.28. The van der Waals surface area contributed by atoms with Crippen molar-refractivity contribution in [1.29, 1.82) is 0 Å². The molecule has 2 N–H and O–H groups in total. The van der Waals surface area contributed by atoms with E-state index in [0.717, 1.165) is 22.3 Å². The van der Waals surface area contributed by atoms with E-state index >= 15 is 0 Å². The number of carbonyl (C=O) groups is 1. The van der Waals surface area contributed by atoms with Crippen molar-refractivity contribution < 1.29 is 41.0 Å². The summed E-state index contributed by atoms with van der Waals surface area (Å²) in [6, 6.07) is 18.7. The Morgan fingerprint density at radius 2 is 1.52 bits per heavy atom. The van der Waals surface area contributed by atoms with Crippen LogP contribution in [0.15, 0.2) is 88.9 Å². The molecule has 0 bridgehead atoms. The van der Waals surface area contributed by atoms with E-state index in [1.54, 1.807) is 0 Å². The molecule has 1 heterocycles. The number of halogens is 6. The van der Waals surface area contributed by atoms with Crippen LogP contribution in [0.4, 0.5) is 31.1 Å². The predicted octanol–water partition coefficient (Wildman–Crippen LogP) is 7.80. The molecule has 4 aromatic rings. The van der Waals surface area contributed by atoms with Gasteiger partial charge in [-0.2, -0.15) is 26.3 Å². The van der Waals surface area contributed by atoms with Gasteiger partial charge in [-0.3, -0.25) is 0 Å². The monoisotopic (exact) mass is 604 g/mol. The SMILES string of the molecule is O=C(NCc1cc(C(F)(F)F)cc(C(F)(F)F)c1Sc1ncccc1CO)OCC1c2ccccc2-c2ccccc21. The number of pyridine rings is 1. The van der Waals surface area contributed by atoms with Gasteiger partial charge in [0.1, 0.15) is 11.6 Å². The second-order valence-corrected chi connectivity index (χ2v) is 10.4. The zero-order valence-electron chi connectivity index (χ0n) is 21.6. The van der Waals surface area contributed by atoms with Crippen LogP contribution in [0.5, 0.6) is 0 Å². The first-order valence-corrected chi connectivity index (χ1v) is 13.4. The fourth-order valence-corrected chi connectivity index (χ4v) is 5.98. The van der Waals surface area contributed by atoms with Crippen LogP contribution in [-0.4, -0.2) is 22.8 Å². The molecule has 0 atom stereocenters. The fraction of sp³-hybridized carbons (Fsp3) is 0.200. The van der Waals surface area contributed by atoms with E-state index in [4.69, 9.17) is 4.74 Å². The average molecular weight is 605 g/mol. The largest absolute Gasteiger partial charge is 0.449 e. The van der Waals surface area contributed by atoms with Gasteiger partial charge in [0, 0.05) is 29.1 Å². The molecule has 218 valence electrons. The van der Waals surface area contributed by atoms with Crippen molar-refractivity contribution in [2.75, 3.05) is 6.61 Å². The molecule has 1 aromatic heterocycles. The highest BCUT2D eigenvalue weighted by Gasteiger charge is 2.40. The van der Waals surface area contributed by atoms with Gasteiger partial charge >= 0.3 is 18.4 Å². The Hall–Kier alpha value is -4.03. The number of aromatic nitrogens is 1. The smallest absolute Gasteiger partial charge is 0.417 e. The predicted molar refractivity (Wildman–Crippen MR) is 143 cm³/mol. The van der Waals surface area contributed by atoms with Gasteiger partial charge in [-0.1, -0.05) is 66.4 Å². The molecule has 1 aliphatic carbocycles. The lowest BCUT2D eigenvalue weighted by Crippen LogP contribution is -2.26. The van der Waals surface area contributed by atoms with E-state index in [9.17, 15) is 36.2 Å². The third-order valence-corrected chi connectivity index (χ3v) is 8.03. The van der Waals surface area contributed by atoms with Crippen LogP contribution in [0.25, 0.3) is 11.1 Å². The summed E-state index contributed by atoms with van der Waals surface area (Å²) in [5, 5.41) is 11.9. The van der Waals surface area contributed by atoms with Crippen molar-refractivity contribution in [3.05, 3.63) is 112 Å². The molecule has 3 aromatic carbocycles. The number of hydrogen-bond donors (Lipinski definition) is 2. The minimum Gasteiger partial charge on any atom is -0.449 e. The standard InChI is InChI=1S/C30H22F6N2O3S/c31-29(32,33)19-12-18(26(25(13-19)30(34,35)36)42-27-17(15-39)6-5-11-37-27)14-38-28(40)41-16-24-22-9-3-1-7-20(22)21-8-2-4-10-23(21)24/h1-13,24,39H,14-16H2,(H,38,40). The number of alkyl halides is 6. The molecule has 42 heavy (non-hydrogen) atoms. The number of rotatable bonds is 7. The number of aliphatic hydroxyl groups is 1. The third-order valence-electron chi connectivity index (χ3n) is 6.78. The van der Waals surface area contributed by atoms with Crippen LogP contribution in [0, 0.1) is 0 Å². The Kier molecular flexibility index (Phi) is 8.20. The number of benzene rings is 3. The molecular formula is C30H22F6N2O3S. The molecule has 12 heteroatoms. The number of amides is 1. The van der Waals surface area contributed by atoms with Gasteiger partial charge in [0.15, 0.2) is 0 Å². The normalized spacial score (nSPS) is 13.0. The maximum absolute atomic E-state index is 14.1. The number of ether oxygens (including phenoxy) is 1. The van der Waals surface area contributed by atoms with E-state index in [1.165, 1.54) is 18.3 Å². The van der Waals surface area contributed by atoms with Gasteiger partial charge in [-0.25, -0.2) is 9.78 Å². The van der Waals surface area contributed by atoms with Gasteiger partial charge < -0.3 is 15.2 Å². The second-order valence-electron chi connectivity index (χ2n) is 9.41. The molecule has 0 aliphatic heterocycles. The van der Waals surface area contributed by atoms with Crippen molar-refractivity contribution in [3.8, 4) is 11.1 Å². The Morgan fingerprint density at radius 1 is 0.881 bits per heavy atom. The molecule has 0 radical (unpaired) electrons. The van der Waals surface area contributed by atoms with Crippen LogP contribution < -0.4 is 5.32 Å². The first-order chi connectivity index (χ1) is 20.0. The lowest BCUT2D eigenvalue weighted by Gasteiger charge is -2.20. The summed E-state index contributed by atoms with van der Waals surface area (Å²) >= 11 is 0.458. The van der Waals surface area contributed by atoms with E-state index in [-0.39, 0.29) is 29.2 Å². The van der Waals surface area contributed by atoms with Crippen LogP contribution in [0.3, 0.4) is 0 Å². The summed E-state index contributed by atoms with van der Waals surface area (Å²) < 4.78 is 88.4. The topological polar surface area (TPSA) is 71.5 Å². The molecule has 1 aliphatic rings. The summed E-state index contributed by atoms with van der Waals surface area (Å²) in [7, 11) is 0. The number of aliphatic hydroxyl groups excluding tert-OH is 1. The zero-order valence-corrected chi connectivity index (χ0v) is 22.4. The van der Waals surface area contributed by atoms with Crippen LogP contribution in [-0.2, 0) is 30.2 Å². The number of fused-ring (bicyclic) bond motifs is 3. The number of nitrogens with one attached hydrogen (secondary N) is 1. The highest BCUT2D eigenvalue weighted by Crippen LogP contribution is 2.46. The second kappa shape index (κ2) is 11.7. The Balaban J connectivity index is 1.41. The minimum absolute atomic E-state index is 0.0207. The van der Waals surface area contributed by atoms with Crippen LogP contribution in [0.2, 0.25) is 0 Å². The van der Waals surface area contributed by atoms with Crippen LogP contribution >= 0.6 is 11.8 Å². The summed E-state index contributed by atoms with van der Waals surface area (Å²) in [6.45, 7) is -1.33. The fourth-order valence-electron chi connectivity index (χ4n) is 4.86. The number of nitrogens with zero attached hydrogens (tertiary/aromatic N) is 1. The molecule has 1 amide bonds. The first kappa shape index (κ1) is 29.5. The number of alkyl carbamates (subject to hydrolysis) is 1. The Morgan fingerprint density at radius 3 is 2.12 bits per heavy atom. The van der Waals surface area contributed by atoms with E-state index < -0.39 is 53.2 Å². The third kappa shape index (κ3) is 6.09. The summed E-state index contributed by atoms with van der Waals surface area (Å²) in [4.78, 5) is 16.1. The summed E-state index contributed by atoms with van der Waals surface area (Å²) in [5.41, 5.74) is 0.540. The van der Waals surface area contributed by atoms with E-state index in [1.807, 2.05) is 48.5 Å². The van der Waals surface area contributed by atoms with Crippen molar-refractivity contribution in [2.45, 2.75) is 41.3 Å². The van der Waals surface area contributed by atoms with Crippen molar-refractivity contribution in [1.82, 2.24) is 10.3 Å². The molecule has 5 rings (SSSR count).